The molecule has 1 unspecified atom stereocenters. The maximum Gasteiger partial charge on any atom is 0.130 e. The van der Waals surface area contributed by atoms with E-state index in [1.54, 1.807) is 0 Å². The van der Waals surface area contributed by atoms with Crippen LogP contribution in [0.3, 0.4) is 0 Å². The summed E-state index contributed by atoms with van der Waals surface area (Å²) in [4.78, 5) is 0. The van der Waals surface area contributed by atoms with Gasteiger partial charge in [0, 0.05) is 21.9 Å². The van der Waals surface area contributed by atoms with Gasteiger partial charge in [0.1, 0.15) is 11.5 Å². The van der Waals surface area contributed by atoms with Crippen LogP contribution in [0.25, 0.3) is 10.8 Å². The van der Waals surface area contributed by atoms with Gasteiger partial charge in [-0.25, -0.2) is 0 Å². The quantitative estimate of drug-likeness (QED) is 0.523. The summed E-state index contributed by atoms with van der Waals surface area (Å²) in [5, 5.41) is 2.44. The van der Waals surface area contributed by atoms with Crippen LogP contribution in [0.5, 0.6) is 11.5 Å². The Kier molecular flexibility index (Phi) is 6.23. The lowest BCUT2D eigenvalue weighted by molar-refractivity contribution is 0.295. The number of rotatable bonds is 8. The first-order valence-corrected chi connectivity index (χ1v) is 10.1. The molecule has 0 aromatic heterocycles. The summed E-state index contributed by atoms with van der Waals surface area (Å²) in [6.45, 7) is 8.38. The molecule has 0 bridgehead atoms. The zero-order chi connectivity index (χ0) is 17.6. The van der Waals surface area contributed by atoms with Crippen LogP contribution in [0.4, 0.5) is 0 Å². The van der Waals surface area contributed by atoms with Crippen LogP contribution in [-0.2, 0) is 12.8 Å². The molecule has 2 aromatic rings. The topological polar surface area (TPSA) is 18.5 Å². The van der Waals surface area contributed by atoms with E-state index < -0.39 is 0 Å². The molecule has 0 fully saturated rings. The third-order valence-corrected chi connectivity index (χ3v) is 5.26. The number of benzene rings is 2. The summed E-state index contributed by atoms with van der Waals surface area (Å²) in [5.41, 5.74) is 2.81. The van der Waals surface area contributed by atoms with Crippen LogP contribution >= 0.6 is 0 Å². The first-order chi connectivity index (χ1) is 12.3. The molecule has 136 valence electrons. The van der Waals surface area contributed by atoms with Crippen LogP contribution in [0.1, 0.15) is 64.0 Å². The molecular weight excluding hydrogens is 308 g/mol. The second-order valence-electron chi connectivity index (χ2n) is 7.41. The lowest BCUT2D eigenvalue weighted by Gasteiger charge is -2.28. The SMILES string of the molecule is CCCCOc1c2c(c(OCCCC)c3ccccc13)CC(C)CC2. The Morgan fingerprint density at radius 1 is 0.880 bits per heavy atom. The minimum Gasteiger partial charge on any atom is -0.493 e. The zero-order valence-corrected chi connectivity index (χ0v) is 16.1. The van der Waals surface area contributed by atoms with Crippen LogP contribution in [-0.4, -0.2) is 13.2 Å². The highest BCUT2D eigenvalue weighted by atomic mass is 16.5. The van der Waals surface area contributed by atoms with E-state index in [4.69, 9.17) is 9.47 Å². The average molecular weight is 341 g/mol. The van der Waals surface area contributed by atoms with Crippen molar-refractivity contribution in [3.05, 3.63) is 35.4 Å². The summed E-state index contributed by atoms with van der Waals surface area (Å²) in [6, 6.07) is 8.62. The normalized spacial score (nSPS) is 16.7. The Bertz CT molecular complexity index is 705. The molecular formula is C23H32O2. The summed E-state index contributed by atoms with van der Waals surface area (Å²) in [7, 11) is 0. The van der Waals surface area contributed by atoms with Gasteiger partial charge in [0.25, 0.3) is 0 Å². The summed E-state index contributed by atoms with van der Waals surface area (Å²) >= 11 is 0. The van der Waals surface area contributed by atoms with E-state index >= 15 is 0 Å². The Hall–Kier alpha value is -1.70. The molecule has 0 N–H and O–H groups in total. The highest BCUT2D eigenvalue weighted by Gasteiger charge is 2.26. The predicted molar refractivity (Wildman–Crippen MR) is 106 cm³/mol. The number of hydrogen-bond acceptors (Lipinski definition) is 2. The lowest BCUT2D eigenvalue weighted by Crippen LogP contribution is -2.16. The standard InChI is InChI=1S/C23H32O2/c1-4-6-14-24-22-18-10-8-9-11-19(18)23(25-15-7-5-2)21-16-17(3)12-13-20(21)22/h8-11,17H,4-7,12-16H2,1-3H3. The van der Waals surface area contributed by atoms with Crippen LogP contribution in [0.2, 0.25) is 0 Å². The second-order valence-corrected chi connectivity index (χ2v) is 7.41. The lowest BCUT2D eigenvalue weighted by atomic mass is 9.82. The number of fused-ring (bicyclic) bond motifs is 2. The average Bonchev–Trinajstić information content (AvgIpc) is 2.63. The fourth-order valence-corrected chi connectivity index (χ4v) is 3.77. The van der Waals surface area contributed by atoms with Gasteiger partial charge >= 0.3 is 0 Å². The molecule has 1 aliphatic rings. The van der Waals surface area contributed by atoms with Crippen molar-refractivity contribution in [3.63, 3.8) is 0 Å². The van der Waals surface area contributed by atoms with Crippen LogP contribution < -0.4 is 9.47 Å². The maximum absolute atomic E-state index is 6.33. The zero-order valence-electron chi connectivity index (χ0n) is 16.1. The van der Waals surface area contributed by atoms with Crippen molar-refractivity contribution in [1.82, 2.24) is 0 Å². The Morgan fingerprint density at radius 2 is 1.44 bits per heavy atom. The third-order valence-electron chi connectivity index (χ3n) is 5.26. The van der Waals surface area contributed by atoms with Crippen molar-refractivity contribution in [2.45, 2.75) is 65.7 Å². The molecule has 0 amide bonds. The van der Waals surface area contributed by atoms with Gasteiger partial charge in [0.15, 0.2) is 0 Å². The van der Waals surface area contributed by atoms with E-state index in [9.17, 15) is 0 Å². The van der Waals surface area contributed by atoms with Crippen molar-refractivity contribution in [3.8, 4) is 11.5 Å². The number of unbranched alkanes of at least 4 members (excludes halogenated alkanes) is 2. The van der Waals surface area contributed by atoms with Crippen molar-refractivity contribution in [2.24, 2.45) is 5.92 Å². The largest absolute Gasteiger partial charge is 0.493 e. The maximum atomic E-state index is 6.33. The van der Waals surface area contributed by atoms with Crippen molar-refractivity contribution in [2.75, 3.05) is 13.2 Å². The first kappa shape index (κ1) is 18.1. The Balaban J connectivity index is 2.10. The van der Waals surface area contributed by atoms with E-state index in [0.717, 1.165) is 63.2 Å². The van der Waals surface area contributed by atoms with Gasteiger partial charge in [-0.15, -0.1) is 0 Å². The van der Waals surface area contributed by atoms with E-state index in [-0.39, 0.29) is 0 Å². The summed E-state index contributed by atoms with van der Waals surface area (Å²) in [6.07, 6.45) is 7.98. The highest BCUT2D eigenvalue weighted by molar-refractivity contribution is 5.96. The molecule has 25 heavy (non-hydrogen) atoms. The van der Waals surface area contributed by atoms with Gasteiger partial charge in [0.2, 0.25) is 0 Å². The van der Waals surface area contributed by atoms with Crippen molar-refractivity contribution in [1.29, 1.82) is 0 Å². The molecule has 1 atom stereocenters. The molecule has 2 nitrogen and oxygen atoms in total. The molecule has 3 rings (SSSR count). The number of hydrogen-bond donors (Lipinski definition) is 0. The fraction of sp³-hybridized carbons (Fsp3) is 0.565. The molecule has 0 saturated heterocycles. The Morgan fingerprint density at radius 3 is 2.00 bits per heavy atom. The minimum absolute atomic E-state index is 0.714. The summed E-state index contributed by atoms with van der Waals surface area (Å²) in [5.74, 6) is 2.95. The van der Waals surface area contributed by atoms with Crippen molar-refractivity contribution < 1.29 is 9.47 Å². The Labute approximate surface area is 152 Å². The first-order valence-electron chi connectivity index (χ1n) is 10.1. The van der Waals surface area contributed by atoms with E-state index in [2.05, 4.69) is 45.0 Å². The molecule has 0 spiro atoms. The minimum atomic E-state index is 0.714. The smallest absolute Gasteiger partial charge is 0.130 e. The molecule has 0 radical (unpaired) electrons. The molecule has 1 aliphatic carbocycles. The van der Waals surface area contributed by atoms with E-state index in [0.29, 0.717) is 5.92 Å². The molecule has 2 aromatic carbocycles. The van der Waals surface area contributed by atoms with Gasteiger partial charge in [-0.2, -0.15) is 0 Å². The van der Waals surface area contributed by atoms with E-state index in [1.165, 1.54) is 28.3 Å². The van der Waals surface area contributed by atoms with Crippen molar-refractivity contribution >= 4 is 10.8 Å². The molecule has 0 saturated carbocycles. The second kappa shape index (κ2) is 8.60. The fourth-order valence-electron chi connectivity index (χ4n) is 3.77. The van der Waals surface area contributed by atoms with Crippen LogP contribution in [0, 0.1) is 5.92 Å². The molecule has 2 heteroatoms. The van der Waals surface area contributed by atoms with Gasteiger partial charge in [-0.1, -0.05) is 57.9 Å². The van der Waals surface area contributed by atoms with Crippen LogP contribution in [0.15, 0.2) is 24.3 Å². The number of ether oxygens (including phenoxy) is 2. The monoisotopic (exact) mass is 340 g/mol. The van der Waals surface area contributed by atoms with Gasteiger partial charge in [-0.3, -0.25) is 0 Å². The molecule has 0 aliphatic heterocycles. The molecule has 0 heterocycles. The van der Waals surface area contributed by atoms with Gasteiger partial charge < -0.3 is 9.47 Å². The predicted octanol–water partition coefficient (Wildman–Crippen LogP) is 6.32. The van der Waals surface area contributed by atoms with Gasteiger partial charge in [-0.05, 0) is 38.0 Å². The van der Waals surface area contributed by atoms with Gasteiger partial charge in [0.05, 0.1) is 13.2 Å². The summed E-state index contributed by atoms with van der Waals surface area (Å²) < 4.78 is 12.6. The third kappa shape index (κ3) is 3.94. The van der Waals surface area contributed by atoms with E-state index in [1.807, 2.05) is 0 Å². The highest BCUT2D eigenvalue weighted by Crippen LogP contribution is 2.45.